The van der Waals surface area contributed by atoms with Crippen LogP contribution in [0.1, 0.15) is 16.1 Å². The first-order valence-electron chi connectivity index (χ1n) is 9.48. The molecule has 5 rings (SSSR count). The quantitative estimate of drug-likeness (QED) is 0.482. The molecule has 0 radical (unpaired) electrons. The molecule has 0 atom stereocenters. The fourth-order valence-corrected chi connectivity index (χ4v) is 3.50. The summed E-state index contributed by atoms with van der Waals surface area (Å²) in [6.07, 6.45) is 3.85. The van der Waals surface area contributed by atoms with Crippen molar-refractivity contribution in [1.29, 1.82) is 0 Å². The Morgan fingerprint density at radius 1 is 1.03 bits per heavy atom. The number of nitrogens with one attached hydrogen (secondary N) is 1. The maximum absolute atomic E-state index is 12.9. The smallest absolute Gasteiger partial charge is 0.291 e. The lowest BCUT2D eigenvalue weighted by molar-refractivity contribution is 0.0997. The molecule has 0 bridgehead atoms. The van der Waals surface area contributed by atoms with Gasteiger partial charge in [0.1, 0.15) is 11.2 Å². The summed E-state index contributed by atoms with van der Waals surface area (Å²) in [5.74, 6) is -0.537. The van der Waals surface area contributed by atoms with E-state index in [0.717, 1.165) is 22.5 Å². The van der Waals surface area contributed by atoms with Gasteiger partial charge < -0.3 is 14.1 Å². The van der Waals surface area contributed by atoms with Crippen molar-refractivity contribution in [3.05, 3.63) is 101 Å². The normalized spacial score (nSPS) is 11.1. The molecule has 0 aliphatic carbocycles. The van der Waals surface area contributed by atoms with Crippen molar-refractivity contribution in [2.75, 3.05) is 5.32 Å². The van der Waals surface area contributed by atoms with Gasteiger partial charge in [0.05, 0.1) is 16.8 Å². The van der Waals surface area contributed by atoms with E-state index < -0.39 is 5.91 Å². The monoisotopic (exact) mass is 395 g/mol. The Bertz CT molecular complexity index is 1480. The summed E-state index contributed by atoms with van der Waals surface area (Å²) in [4.78, 5) is 29.9. The first-order chi connectivity index (χ1) is 14.6. The Labute approximate surface area is 171 Å². The Morgan fingerprint density at radius 2 is 1.83 bits per heavy atom. The molecule has 146 valence electrons. The molecule has 5 aromatic rings. The third kappa shape index (κ3) is 3.04. The molecule has 0 spiro atoms. The highest BCUT2D eigenvalue weighted by molar-refractivity contribution is 6.05. The number of rotatable bonds is 3. The number of hydrogen-bond donors (Lipinski definition) is 1. The van der Waals surface area contributed by atoms with E-state index >= 15 is 0 Å². The molecule has 0 saturated carbocycles. The van der Waals surface area contributed by atoms with Crippen LogP contribution in [0.4, 0.5) is 5.69 Å². The van der Waals surface area contributed by atoms with Crippen LogP contribution in [0, 0.1) is 6.92 Å². The first kappa shape index (κ1) is 17.9. The van der Waals surface area contributed by atoms with E-state index in [1.165, 1.54) is 6.07 Å². The molecule has 0 fully saturated rings. The van der Waals surface area contributed by atoms with E-state index in [4.69, 9.17) is 9.40 Å². The highest BCUT2D eigenvalue weighted by atomic mass is 16.3. The molecule has 0 aliphatic heterocycles. The molecular weight excluding hydrogens is 378 g/mol. The Hall–Kier alpha value is -4.19. The Morgan fingerprint density at radius 3 is 2.70 bits per heavy atom. The molecule has 6 nitrogen and oxygen atoms in total. The van der Waals surface area contributed by atoms with Gasteiger partial charge in [-0.2, -0.15) is 0 Å². The third-order valence-corrected chi connectivity index (χ3v) is 4.99. The van der Waals surface area contributed by atoms with Crippen LogP contribution in [0.5, 0.6) is 0 Å². The predicted molar refractivity (Wildman–Crippen MR) is 116 cm³/mol. The number of pyridine rings is 1. The average Bonchev–Trinajstić information content (AvgIpc) is 3.20. The van der Waals surface area contributed by atoms with Crippen molar-refractivity contribution < 1.29 is 9.21 Å². The number of fused-ring (bicyclic) bond motifs is 2. The lowest BCUT2D eigenvalue weighted by atomic mass is 10.1. The molecule has 6 heteroatoms. The van der Waals surface area contributed by atoms with Gasteiger partial charge in [0, 0.05) is 24.0 Å². The minimum absolute atomic E-state index is 0.0423. The van der Waals surface area contributed by atoms with Crippen LogP contribution in [0.3, 0.4) is 0 Å². The number of hydrogen-bond acceptors (Lipinski definition) is 4. The minimum atomic E-state index is -0.495. The van der Waals surface area contributed by atoms with Crippen molar-refractivity contribution in [1.82, 2.24) is 9.38 Å². The zero-order valence-electron chi connectivity index (χ0n) is 16.1. The van der Waals surface area contributed by atoms with Crippen LogP contribution < -0.4 is 10.7 Å². The molecule has 30 heavy (non-hydrogen) atoms. The van der Waals surface area contributed by atoms with Gasteiger partial charge in [-0.15, -0.1) is 0 Å². The third-order valence-electron chi connectivity index (χ3n) is 4.99. The largest absolute Gasteiger partial charge is 0.451 e. The number of para-hydroxylation sites is 2. The van der Waals surface area contributed by atoms with Crippen molar-refractivity contribution in [3.63, 3.8) is 0 Å². The highest BCUT2D eigenvalue weighted by Crippen LogP contribution is 2.28. The topological polar surface area (TPSA) is 76.6 Å². The van der Waals surface area contributed by atoms with E-state index in [0.29, 0.717) is 16.7 Å². The van der Waals surface area contributed by atoms with Gasteiger partial charge in [-0.1, -0.05) is 36.4 Å². The number of aromatic nitrogens is 2. The van der Waals surface area contributed by atoms with Crippen LogP contribution in [-0.4, -0.2) is 15.3 Å². The number of benzene rings is 2. The number of anilines is 1. The molecule has 3 heterocycles. The van der Waals surface area contributed by atoms with E-state index in [2.05, 4.69) is 5.32 Å². The summed E-state index contributed by atoms with van der Waals surface area (Å²) in [7, 11) is 0. The van der Waals surface area contributed by atoms with E-state index in [1.54, 1.807) is 30.3 Å². The van der Waals surface area contributed by atoms with Crippen molar-refractivity contribution >= 4 is 28.2 Å². The van der Waals surface area contributed by atoms with Gasteiger partial charge in [-0.05, 0) is 36.8 Å². The predicted octanol–water partition coefficient (Wildman–Crippen LogP) is 4.67. The number of carbonyl (C=O) groups is 1. The van der Waals surface area contributed by atoms with Crippen molar-refractivity contribution in [2.24, 2.45) is 0 Å². The van der Waals surface area contributed by atoms with Gasteiger partial charge in [-0.3, -0.25) is 9.59 Å². The number of amides is 1. The van der Waals surface area contributed by atoms with Gasteiger partial charge >= 0.3 is 0 Å². The fourth-order valence-electron chi connectivity index (χ4n) is 3.50. The van der Waals surface area contributed by atoms with Crippen LogP contribution in [0.2, 0.25) is 0 Å². The fraction of sp³-hybridized carbons (Fsp3) is 0.0417. The molecule has 2 aromatic carbocycles. The molecule has 1 amide bonds. The lowest BCUT2D eigenvalue weighted by Crippen LogP contribution is -2.15. The highest BCUT2D eigenvalue weighted by Gasteiger charge is 2.16. The number of nitrogens with zero attached hydrogens (tertiary/aromatic N) is 2. The number of carbonyl (C=O) groups excluding carboxylic acids is 1. The van der Waals surface area contributed by atoms with Gasteiger partial charge in [0.15, 0.2) is 11.2 Å². The molecule has 1 N–H and O–H groups in total. The van der Waals surface area contributed by atoms with Gasteiger partial charge in [-0.25, -0.2) is 4.98 Å². The maximum Gasteiger partial charge on any atom is 0.291 e. The average molecular weight is 395 g/mol. The maximum atomic E-state index is 12.9. The number of aryl methyl sites for hydroxylation is 1. The van der Waals surface area contributed by atoms with Crippen molar-refractivity contribution in [3.8, 4) is 11.3 Å². The van der Waals surface area contributed by atoms with E-state index in [9.17, 15) is 9.59 Å². The first-order valence-corrected chi connectivity index (χ1v) is 9.48. The Balaban J connectivity index is 1.54. The van der Waals surface area contributed by atoms with Crippen LogP contribution in [0.15, 0.2) is 88.3 Å². The van der Waals surface area contributed by atoms with Crippen LogP contribution in [-0.2, 0) is 0 Å². The lowest BCUT2D eigenvalue weighted by Gasteiger charge is -2.09. The second kappa shape index (κ2) is 7.00. The summed E-state index contributed by atoms with van der Waals surface area (Å²) < 4.78 is 7.60. The molecule has 0 saturated heterocycles. The zero-order valence-corrected chi connectivity index (χ0v) is 16.1. The second-order valence-electron chi connectivity index (χ2n) is 7.02. The molecule has 3 aromatic heterocycles. The second-order valence-corrected chi connectivity index (χ2v) is 7.02. The van der Waals surface area contributed by atoms with Gasteiger partial charge in [0.25, 0.3) is 5.91 Å². The molecular formula is C24H17N3O3. The summed E-state index contributed by atoms with van der Waals surface area (Å²) >= 11 is 0. The SMILES string of the molecule is Cc1cccn2cc(-c3ccccc3NC(=O)c3cc(=O)c4ccccc4o3)nc12. The van der Waals surface area contributed by atoms with E-state index in [-0.39, 0.29) is 11.2 Å². The Kier molecular flexibility index (Phi) is 4.17. The van der Waals surface area contributed by atoms with E-state index in [1.807, 2.05) is 54.0 Å². The summed E-state index contributed by atoms with van der Waals surface area (Å²) in [6, 6.07) is 19.4. The summed E-state index contributed by atoms with van der Waals surface area (Å²) in [5.41, 5.74) is 4.12. The molecule has 0 unspecified atom stereocenters. The summed E-state index contributed by atoms with van der Waals surface area (Å²) in [5, 5.41) is 3.29. The minimum Gasteiger partial charge on any atom is -0.451 e. The molecule has 0 aliphatic rings. The standard InChI is InChI=1S/C24H17N3O3/c1-15-7-6-12-27-14-19(25-23(15)27)16-8-2-4-10-18(16)26-24(29)22-13-20(28)17-9-3-5-11-21(17)30-22/h2-14H,1H3,(H,26,29). The van der Waals surface area contributed by atoms with Gasteiger partial charge in [0.2, 0.25) is 0 Å². The number of imidazole rings is 1. The van der Waals surface area contributed by atoms with Crippen LogP contribution >= 0.6 is 0 Å². The summed E-state index contributed by atoms with van der Waals surface area (Å²) in [6.45, 7) is 2.00. The van der Waals surface area contributed by atoms with Crippen molar-refractivity contribution in [2.45, 2.75) is 6.92 Å². The van der Waals surface area contributed by atoms with Crippen LogP contribution in [0.25, 0.3) is 27.9 Å². The zero-order chi connectivity index (χ0) is 20.7.